The first kappa shape index (κ1) is 15.2. The standard InChI is InChI=1S/C13H20N2O4S/c1-10-7-15(8-11(9-16)19-10)12-5-3-4-6-13(12)20(17,18)14-2/h3-6,10-11,14,16H,7-9H2,1-2H3. The maximum atomic E-state index is 12.1. The molecule has 2 atom stereocenters. The number of morpholine rings is 1. The van der Waals surface area contributed by atoms with Crippen LogP contribution in [0.5, 0.6) is 0 Å². The van der Waals surface area contributed by atoms with E-state index in [1.54, 1.807) is 24.3 Å². The van der Waals surface area contributed by atoms with Crippen LogP contribution in [-0.4, -0.2) is 52.5 Å². The van der Waals surface area contributed by atoms with Gasteiger partial charge in [-0.3, -0.25) is 0 Å². The van der Waals surface area contributed by atoms with Crippen LogP contribution in [0.3, 0.4) is 0 Å². The summed E-state index contributed by atoms with van der Waals surface area (Å²) in [6.07, 6.45) is -0.365. The number of sulfonamides is 1. The number of aliphatic hydroxyl groups is 1. The number of aliphatic hydroxyl groups excluding tert-OH is 1. The topological polar surface area (TPSA) is 78.9 Å². The van der Waals surface area contributed by atoms with Crippen molar-refractivity contribution in [2.24, 2.45) is 0 Å². The average molecular weight is 300 g/mol. The molecule has 0 bridgehead atoms. The zero-order chi connectivity index (χ0) is 14.8. The van der Waals surface area contributed by atoms with Gasteiger partial charge in [0.05, 0.1) is 24.5 Å². The van der Waals surface area contributed by atoms with Gasteiger partial charge in [-0.2, -0.15) is 0 Å². The number of nitrogens with one attached hydrogen (secondary N) is 1. The molecule has 1 saturated heterocycles. The van der Waals surface area contributed by atoms with Crippen molar-refractivity contribution in [1.29, 1.82) is 0 Å². The molecule has 112 valence electrons. The smallest absolute Gasteiger partial charge is 0.242 e. The van der Waals surface area contributed by atoms with Crippen molar-refractivity contribution in [3.8, 4) is 0 Å². The van der Waals surface area contributed by atoms with Gasteiger partial charge in [-0.15, -0.1) is 0 Å². The molecule has 1 fully saturated rings. The number of anilines is 1. The zero-order valence-electron chi connectivity index (χ0n) is 11.6. The van der Waals surface area contributed by atoms with Gasteiger partial charge in [0.1, 0.15) is 4.90 Å². The molecule has 2 N–H and O–H groups in total. The van der Waals surface area contributed by atoms with Crippen molar-refractivity contribution in [2.75, 3.05) is 31.6 Å². The second-order valence-electron chi connectivity index (χ2n) is 4.83. The summed E-state index contributed by atoms with van der Waals surface area (Å²) >= 11 is 0. The molecular formula is C13H20N2O4S. The van der Waals surface area contributed by atoms with Crippen molar-refractivity contribution in [3.05, 3.63) is 24.3 Å². The highest BCUT2D eigenvalue weighted by Crippen LogP contribution is 2.27. The molecule has 1 aliphatic rings. The van der Waals surface area contributed by atoms with E-state index in [0.29, 0.717) is 18.8 Å². The normalized spacial score (nSPS) is 23.9. The predicted molar refractivity (Wildman–Crippen MR) is 76.3 cm³/mol. The Morgan fingerprint density at radius 1 is 1.40 bits per heavy atom. The highest BCUT2D eigenvalue weighted by atomic mass is 32.2. The Labute approximate surface area is 119 Å². The summed E-state index contributed by atoms with van der Waals surface area (Å²) in [5.41, 5.74) is 0.635. The highest BCUT2D eigenvalue weighted by molar-refractivity contribution is 7.89. The lowest BCUT2D eigenvalue weighted by molar-refractivity contribution is -0.0422. The largest absolute Gasteiger partial charge is 0.394 e. The Bertz CT molecular complexity index is 561. The van der Waals surface area contributed by atoms with Crippen molar-refractivity contribution < 1.29 is 18.3 Å². The molecule has 1 aromatic carbocycles. The van der Waals surface area contributed by atoms with Crippen LogP contribution >= 0.6 is 0 Å². The minimum absolute atomic E-state index is 0.0637. The number of benzene rings is 1. The number of hydrogen-bond donors (Lipinski definition) is 2. The summed E-state index contributed by atoms with van der Waals surface area (Å²) in [7, 11) is -2.12. The molecule has 1 aromatic rings. The van der Waals surface area contributed by atoms with Crippen molar-refractivity contribution in [1.82, 2.24) is 4.72 Å². The molecule has 0 saturated carbocycles. The van der Waals surface area contributed by atoms with Gasteiger partial charge in [-0.05, 0) is 26.1 Å². The monoisotopic (exact) mass is 300 g/mol. The molecule has 0 radical (unpaired) electrons. The van der Waals surface area contributed by atoms with E-state index in [-0.39, 0.29) is 23.7 Å². The Morgan fingerprint density at radius 2 is 2.10 bits per heavy atom. The summed E-state index contributed by atoms with van der Waals surface area (Å²) in [6, 6.07) is 6.85. The zero-order valence-corrected chi connectivity index (χ0v) is 12.4. The second kappa shape index (κ2) is 6.09. The maximum Gasteiger partial charge on any atom is 0.242 e. The molecule has 1 heterocycles. The van der Waals surface area contributed by atoms with E-state index in [4.69, 9.17) is 4.74 Å². The van der Waals surface area contributed by atoms with Crippen LogP contribution in [0.25, 0.3) is 0 Å². The quantitative estimate of drug-likeness (QED) is 0.829. The van der Waals surface area contributed by atoms with E-state index in [1.165, 1.54) is 7.05 Å². The SMILES string of the molecule is CNS(=O)(=O)c1ccccc1N1CC(C)OC(CO)C1. The van der Waals surface area contributed by atoms with Crippen LogP contribution in [-0.2, 0) is 14.8 Å². The van der Waals surface area contributed by atoms with E-state index in [2.05, 4.69) is 4.72 Å². The van der Waals surface area contributed by atoms with Gasteiger partial charge in [0, 0.05) is 13.1 Å². The van der Waals surface area contributed by atoms with Crippen LogP contribution in [0.1, 0.15) is 6.92 Å². The lowest BCUT2D eigenvalue weighted by atomic mass is 10.2. The highest BCUT2D eigenvalue weighted by Gasteiger charge is 2.28. The van der Waals surface area contributed by atoms with E-state index in [0.717, 1.165) is 0 Å². The van der Waals surface area contributed by atoms with Crippen LogP contribution in [0.4, 0.5) is 5.69 Å². The molecule has 0 spiro atoms. The molecule has 0 aliphatic carbocycles. The predicted octanol–water partition coefficient (Wildman–Crippen LogP) is 0.181. The van der Waals surface area contributed by atoms with Gasteiger partial charge < -0.3 is 14.7 Å². The van der Waals surface area contributed by atoms with E-state index in [1.807, 2.05) is 11.8 Å². The lowest BCUT2D eigenvalue weighted by Crippen LogP contribution is -2.48. The first-order chi connectivity index (χ1) is 9.47. The van der Waals surface area contributed by atoms with E-state index >= 15 is 0 Å². The summed E-state index contributed by atoms with van der Waals surface area (Å²) < 4.78 is 32.1. The van der Waals surface area contributed by atoms with E-state index in [9.17, 15) is 13.5 Å². The summed E-state index contributed by atoms with van der Waals surface area (Å²) in [4.78, 5) is 2.19. The fraction of sp³-hybridized carbons (Fsp3) is 0.538. The van der Waals surface area contributed by atoms with Gasteiger partial charge in [0.15, 0.2) is 0 Å². The first-order valence-electron chi connectivity index (χ1n) is 6.51. The summed E-state index contributed by atoms with van der Waals surface area (Å²) in [5.74, 6) is 0. The fourth-order valence-electron chi connectivity index (χ4n) is 2.40. The number of hydrogen-bond acceptors (Lipinski definition) is 5. The molecule has 0 aromatic heterocycles. The van der Waals surface area contributed by atoms with Crippen LogP contribution < -0.4 is 9.62 Å². The maximum absolute atomic E-state index is 12.1. The summed E-state index contributed by atoms with van der Waals surface area (Å²) in [5, 5.41) is 9.27. The van der Waals surface area contributed by atoms with Crippen molar-refractivity contribution >= 4 is 15.7 Å². The minimum Gasteiger partial charge on any atom is -0.394 e. The number of para-hydroxylation sites is 1. The lowest BCUT2D eigenvalue weighted by Gasteiger charge is -2.38. The van der Waals surface area contributed by atoms with Crippen LogP contribution in [0.2, 0.25) is 0 Å². The Hall–Kier alpha value is -1.15. The second-order valence-corrected chi connectivity index (χ2v) is 6.69. The van der Waals surface area contributed by atoms with Gasteiger partial charge in [0.25, 0.3) is 0 Å². The molecule has 20 heavy (non-hydrogen) atoms. The molecule has 6 nitrogen and oxygen atoms in total. The first-order valence-corrected chi connectivity index (χ1v) is 8.00. The number of nitrogens with zero attached hydrogens (tertiary/aromatic N) is 1. The van der Waals surface area contributed by atoms with Gasteiger partial charge >= 0.3 is 0 Å². The van der Waals surface area contributed by atoms with Gasteiger partial charge in [-0.25, -0.2) is 13.1 Å². The van der Waals surface area contributed by atoms with E-state index < -0.39 is 10.0 Å². The van der Waals surface area contributed by atoms with Crippen molar-refractivity contribution in [3.63, 3.8) is 0 Å². The Kier molecular flexibility index (Phi) is 4.64. The Balaban J connectivity index is 2.38. The summed E-state index contributed by atoms with van der Waals surface area (Å²) in [6.45, 7) is 2.88. The third kappa shape index (κ3) is 3.12. The minimum atomic E-state index is -3.51. The fourth-order valence-corrected chi connectivity index (χ4v) is 3.35. The molecule has 1 aliphatic heterocycles. The molecule has 0 amide bonds. The molecular weight excluding hydrogens is 280 g/mol. The molecule has 7 heteroatoms. The number of rotatable bonds is 4. The van der Waals surface area contributed by atoms with Gasteiger partial charge in [0.2, 0.25) is 10.0 Å². The average Bonchev–Trinajstić information content (AvgIpc) is 2.46. The van der Waals surface area contributed by atoms with Crippen LogP contribution in [0.15, 0.2) is 29.2 Å². The van der Waals surface area contributed by atoms with Crippen LogP contribution in [0, 0.1) is 0 Å². The third-order valence-electron chi connectivity index (χ3n) is 3.29. The van der Waals surface area contributed by atoms with Gasteiger partial charge in [-0.1, -0.05) is 12.1 Å². The molecule has 2 unspecified atom stereocenters. The third-order valence-corrected chi connectivity index (χ3v) is 4.76. The van der Waals surface area contributed by atoms with Crippen molar-refractivity contribution in [2.45, 2.75) is 24.0 Å². The number of ether oxygens (including phenoxy) is 1. The molecule has 2 rings (SSSR count). The Morgan fingerprint density at radius 3 is 2.75 bits per heavy atom.